The van der Waals surface area contributed by atoms with Gasteiger partial charge in [0, 0.05) is 22.4 Å². The Kier molecular flexibility index (Phi) is 10.5. The number of thiol groups is 1. The van der Waals surface area contributed by atoms with E-state index in [2.05, 4.69) is 36.1 Å². The van der Waals surface area contributed by atoms with E-state index >= 15 is 0 Å². The predicted molar refractivity (Wildman–Crippen MR) is 138 cm³/mol. The molecule has 3 fully saturated rings. The Balaban J connectivity index is 0.000000295. The number of carbonyl (C=O) groups excluding carboxylic acids is 3. The van der Waals surface area contributed by atoms with E-state index in [0.717, 1.165) is 32.0 Å². The van der Waals surface area contributed by atoms with Crippen molar-refractivity contribution in [3.63, 3.8) is 0 Å². The van der Waals surface area contributed by atoms with Gasteiger partial charge in [0.15, 0.2) is 11.5 Å². The Labute approximate surface area is 217 Å². The van der Waals surface area contributed by atoms with Crippen molar-refractivity contribution < 1.29 is 28.3 Å². The highest BCUT2D eigenvalue weighted by molar-refractivity contribution is 7.79. The molecule has 0 aliphatic heterocycles. The van der Waals surface area contributed by atoms with Gasteiger partial charge < -0.3 is 14.3 Å². The van der Waals surface area contributed by atoms with Crippen LogP contribution < -0.4 is 0 Å². The number of alkyl halides is 1. The van der Waals surface area contributed by atoms with Gasteiger partial charge in [0.05, 0.1) is 19.5 Å². The minimum atomic E-state index is -0.875. The van der Waals surface area contributed by atoms with Gasteiger partial charge in [-0.25, -0.2) is 0 Å². The Morgan fingerprint density at radius 2 is 1.94 bits per heavy atom. The quantitative estimate of drug-likeness (QED) is 0.306. The summed E-state index contributed by atoms with van der Waals surface area (Å²) in [4.78, 5) is 43.1. The molecule has 7 nitrogen and oxygen atoms in total. The minimum Gasteiger partial charge on any atom is -0.459 e. The van der Waals surface area contributed by atoms with E-state index in [9.17, 15) is 28.8 Å². The number of hydrogen-bond donors (Lipinski definition) is 2. The molecule has 5 rings (SSSR count). The van der Waals surface area contributed by atoms with Gasteiger partial charge in [0.1, 0.15) is 6.29 Å². The van der Waals surface area contributed by atoms with Crippen LogP contribution in [0.2, 0.25) is 0 Å². The summed E-state index contributed by atoms with van der Waals surface area (Å²) in [6, 6.07) is 2.89. The fourth-order valence-electron chi connectivity index (χ4n) is 7.03. The molecule has 0 saturated heterocycles. The van der Waals surface area contributed by atoms with Crippen molar-refractivity contribution >= 4 is 30.6 Å². The molecule has 7 atom stereocenters. The predicted octanol–water partition coefficient (Wildman–Crippen LogP) is 5.40. The number of hydrogen-bond acceptors (Lipinski definition) is 7. The average Bonchev–Trinajstić information content (AvgIpc) is 3.54. The molecular formula is C27H36FNO6S. The lowest BCUT2D eigenvalue weighted by Gasteiger charge is -2.58. The summed E-state index contributed by atoms with van der Waals surface area (Å²) in [5.74, 6) is 0.425. The van der Waals surface area contributed by atoms with Crippen LogP contribution in [0.25, 0.3) is 0 Å². The number of fused-ring (bicyclic) bond motifs is 5. The lowest BCUT2D eigenvalue weighted by atomic mass is 9.47. The van der Waals surface area contributed by atoms with Crippen molar-refractivity contribution in [2.75, 3.05) is 13.4 Å². The average molecular weight is 522 g/mol. The minimum absolute atomic E-state index is 0.0231. The maximum absolute atomic E-state index is 11.8. The fourth-order valence-corrected chi connectivity index (χ4v) is 7.03. The first-order chi connectivity index (χ1) is 17.2. The molecule has 4 aliphatic carbocycles. The number of amides is 1. The van der Waals surface area contributed by atoms with Crippen molar-refractivity contribution in [1.29, 1.82) is 0 Å². The number of halogens is 1. The summed E-state index contributed by atoms with van der Waals surface area (Å²) in [5.41, 5.74) is 0.948. The molecule has 1 heterocycles. The maximum atomic E-state index is 11.8. The number of furan rings is 1. The molecule has 3 saturated carbocycles. The first kappa shape index (κ1) is 29.8. The Bertz CT molecular complexity index is 992. The Hall–Kier alpha value is -2.39. The van der Waals surface area contributed by atoms with E-state index in [0.29, 0.717) is 25.4 Å². The number of allylic oxidation sites excluding steroid dienone is 4. The van der Waals surface area contributed by atoms with E-state index in [1.165, 1.54) is 24.0 Å². The highest BCUT2D eigenvalue weighted by Crippen LogP contribution is 2.65. The number of carbonyl (C=O) groups is 3. The standard InChI is InChI=1S/C20H26O3.C5H3NO3.CH3F.CH4S/c1-19-8-7-14(22)9-12(19)3-5-15-16-6-4-13(11-21)20(16,2)10-17(23)18(15)19;7-5(6-8)4-2-1-3-9-4;2*1-2/h7-9,11,13,15-18,23H,3-6,10H2,1-2H3;1-3H;1H3;2H,1H3/t13-,15?,16?,17+,18?,19+,20-;;;/m1.../s1. The normalized spacial score (nSPS) is 35.5. The highest BCUT2D eigenvalue weighted by atomic mass is 32.1. The number of nitroso groups, excluding NO2 is 1. The lowest BCUT2D eigenvalue weighted by Crippen LogP contribution is -2.55. The molecule has 4 aliphatic rings. The van der Waals surface area contributed by atoms with E-state index in [4.69, 9.17) is 0 Å². The summed E-state index contributed by atoms with van der Waals surface area (Å²) in [6.07, 6.45) is 14.0. The molecule has 1 amide bonds. The fraction of sp³-hybridized carbons (Fsp3) is 0.593. The van der Waals surface area contributed by atoms with Crippen molar-refractivity contribution in [3.8, 4) is 0 Å². The number of aliphatic hydroxyl groups excluding tert-OH is 1. The second-order valence-corrected chi connectivity index (χ2v) is 9.99. The SMILES string of the molecule is CF.CS.C[C@]12C=CC(=O)C=C1CCC1C2[C@@H](O)C[C@@]2(C)C1CC[C@@H]2C=O.O=NC(=O)c1ccco1. The van der Waals surface area contributed by atoms with E-state index in [1.807, 2.05) is 6.08 Å². The van der Waals surface area contributed by atoms with Crippen LogP contribution in [0, 0.1) is 39.4 Å². The topological polar surface area (TPSA) is 114 Å². The molecule has 1 aromatic heterocycles. The number of aliphatic hydroxyl groups is 1. The Morgan fingerprint density at radius 3 is 2.53 bits per heavy atom. The van der Waals surface area contributed by atoms with Crippen LogP contribution in [0.3, 0.4) is 0 Å². The zero-order chi connectivity index (χ0) is 27.1. The van der Waals surface area contributed by atoms with Crippen LogP contribution in [0.15, 0.2) is 51.8 Å². The first-order valence-corrected chi connectivity index (χ1v) is 13.0. The van der Waals surface area contributed by atoms with E-state index in [1.54, 1.807) is 18.4 Å². The van der Waals surface area contributed by atoms with Crippen LogP contribution in [-0.2, 0) is 9.59 Å². The summed E-state index contributed by atoms with van der Waals surface area (Å²) in [6.45, 7) is 4.41. The van der Waals surface area contributed by atoms with Gasteiger partial charge in [-0.3, -0.25) is 14.0 Å². The molecule has 0 aromatic carbocycles. The molecule has 0 bridgehead atoms. The number of nitrogens with zero attached hydrogens (tertiary/aromatic N) is 1. The van der Waals surface area contributed by atoms with Crippen molar-refractivity contribution in [3.05, 3.63) is 52.9 Å². The molecule has 9 heteroatoms. The number of aldehydes is 1. The van der Waals surface area contributed by atoms with Crippen molar-refractivity contribution in [2.24, 2.45) is 39.7 Å². The summed E-state index contributed by atoms with van der Waals surface area (Å²) >= 11 is 3.53. The van der Waals surface area contributed by atoms with Gasteiger partial charge in [-0.1, -0.05) is 25.5 Å². The molecule has 0 spiro atoms. The molecule has 3 unspecified atom stereocenters. The first-order valence-electron chi connectivity index (χ1n) is 12.1. The van der Waals surface area contributed by atoms with Crippen molar-refractivity contribution in [2.45, 2.75) is 52.1 Å². The molecular weight excluding hydrogens is 485 g/mol. The zero-order valence-corrected chi connectivity index (χ0v) is 22.1. The highest BCUT2D eigenvalue weighted by Gasteiger charge is 2.61. The van der Waals surface area contributed by atoms with Crippen LogP contribution in [0.1, 0.15) is 56.5 Å². The van der Waals surface area contributed by atoms with Crippen LogP contribution in [0.4, 0.5) is 4.39 Å². The van der Waals surface area contributed by atoms with Gasteiger partial charge >= 0.3 is 5.91 Å². The smallest absolute Gasteiger partial charge is 0.351 e. The van der Waals surface area contributed by atoms with Crippen LogP contribution in [-0.4, -0.2) is 42.6 Å². The number of rotatable bonds is 2. The molecule has 0 radical (unpaired) electrons. The molecule has 1 aromatic rings. The van der Waals surface area contributed by atoms with Gasteiger partial charge in [0.25, 0.3) is 0 Å². The maximum Gasteiger partial charge on any atom is 0.351 e. The molecule has 1 N–H and O–H groups in total. The largest absolute Gasteiger partial charge is 0.459 e. The zero-order valence-electron chi connectivity index (χ0n) is 21.2. The third kappa shape index (κ3) is 5.47. The lowest BCUT2D eigenvalue weighted by molar-refractivity contribution is -0.130. The molecule has 198 valence electrons. The second kappa shape index (κ2) is 12.7. The van der Waals surface area contributed by atoms with Gasteiger partial charge in [-0.05, 0) is 79.9 Å². The van der Waals surface area contributed by atoms with Crippen LogP contribution >= 0.6 is 12.6 Å². The van der Waals surface area contributed by atoms with Gasteiger partial charge in [0.2, 0.25) is 0 Å². The third-order valence-electron chi connectivity index (χ3n) is 8.55. The summed E-state index contributed by atoms with van der Waals surface area (Å²) < 4.78 is 14.0. The monoisotopic (exact) mass is 521 g/mol. The molecule has 36 heavy (non-hydrogen) atoms. The number of ketones is 1. The van der Waals surface area contributed by atoms with Crippen molar-refractivity contribution in [1.82, 2.24) is 0 Å². The summed E-state index contributed by atoms with van der Waals surface area (Å²) in [7, 11) is 0.500. The van der Waals surface area contributed by atoms with Gasteiger partial charge in [-0.15, -0.1) is 4.91 Å². The summed E-state index contributed by atoms with van der Waals surface area (Å²) in [5, 5.41) is 13.2. The second-order valence-electron chi connectivity index (χ2n) is 9.99. The third-order valence-corrected chi connectivity index (χ3v) is 8.55. The van der Waals surface area contributed by atoms with E-state index < -0.39 is 12.0 Å². The van der Waals surface area contributed by atoms with E-state index in [-0.39, 0.29) is 34.2 Å². The van der Waals surface area contributed by atoms with Gasteiger partial charge in [-0.2, -0.15) is 12.6 Å². The van der Waals surface area contributed by atoms with Crippen LogP contribution in [0.5, 0.6) is 0 Å². The Morgan fingerprint density at radius 1 is 1.25 bits per heavy atom.